The standard InChI is InChI=1S/C20H19BrN2O3S/c1-22-16(19(24)23(2)20(22)27)9-14-10-17(25-3)18(11-15(14)21)26-12-13-7-5-4-6-8-13/h4-11H,12H2,1-3H3/b16-9-. The lowest BCUT2D eigenvalue weighted by atomic mass is 10.1. The van der Waals surface area contributed by atoms with E-state index in [1.54, 1.807) is 32.2 Å². The van der Waals surface area contributed by atoms with Gasteiger partial charge in [-0.3, -0.25) is 9.69 Å². The second kappa shape index (κ2) is 8.10. The number of carbonyl (C=O) groups is 1. The van der Waals surface area contributed by atoms with Crippen LogP contribution in [-0.4, -0.2) is 42.0 Å². The van der Waals surface area contributed by atoms with Gasteiger partial charge >= 0.3 is 0 Å². The number of likely N-dealkylation sites (N-methyl/N-ethyl adjacent to an activating group) is 2. The van der Waals surface area contributed by atoms with Gasteiger partial charge in [0.05, 0.1) is 7.11 Å². The molecule has 0 bridgehead atoms. The van der Waals surface area contributed by atoms with Crippen molar-refractivity contribution in [3.05, 3.63) is 63.8 Å². The predicted molar refractivity (Wildman–Crippen MR) is 113 cm³/mol. The molecule has 27 heavy (non-hydrogen) atoms. The number of ether oxygens (including phenoxy) is 2. The second-order valence-electron chi connectivity index (χ2n) is 6.03. The molecular weight excluding hydrogens is 428 g/mol. The van der Waals surface area contributed by atoms with Gasteiger partial charge in [-0.1, -0.05) is 46.3 Å². The fourth-order valence-electron chi connectivity index (χ4n) is 2.71. The molecule has 3 rings (SSSR count). The molecule has 2 aromatic rings. The van der Waals surface area contributed by atoms with Gasteiger partial charge in [-0.2, -0.15) is 0 Å². The van der Waals surface area contributed by atoms with E-state index >= 15 is 0 Å². The first-order valence-corrected chi connectivity index (χ1v) is 9.44. The summed E-state index contributed by atoms with van der Waals surface area (Å²) in [6.07, 6.45) is 1.78. The number of amides is 1. The number of benzene rings is 2. The quantitative estimate of drug-likeness (QED) is 0.511. The first-order chi connectivity index (χ1) is 12.9. The maximum absolute atomic E-state index is 12.4. The van der Waals surface area contributed by atoms with Gasteiger partial charge in [0.2, 0.25) is 0 Å². The third-order valence-corrected chi connectivity index (χ3v) is 5.51. The van der Waals surface area contributed by atoms with E-state index in [9.17, 15) is 4.79 Å². The number of methoxy groups -OCH3 is 1. The van der Waals surface area contributed by atoms with E-state index in [0.29, 0.717) is 28.9 Å². The number of halogens is 1. The van der Waals surface area contributed by atoms with Crippen LogP contribution in [0.1, 0.15) is 11.1 Å². The highest BCUT2D eigenvalue weighted by Gasteiger charge is 2.32. The average molecular weight is 447 g/mol. The molecule has 0 saturated carbocycles. The maximum Gasteiger partial charge on any atom is 0.276 e. The first kappa shape index (κ1) is 19.4. The van der Waals surface area contributed by atoms with Crippen molar-refractivity contribution in [3.63, 3.8) is 0 Å². The van der Waals surface area contributed by atoms with E-state index in [0.717, 1.165) is 15.6 Å². The minimum absolute atomic E-state index is 0.141. The van der Waals surface area contributed by atoms with E-state index < -0.39 is 0 Å². The van der Waals surface area contributed by atoms with Gasteiger partial charge in [0, 0.05) is 18.6 Å². The lowest BCUT2D eigenvalue weighted by molar-refractivity contribution is -0.121. The topological polar surface area (TPSA) is 42.0 Å². The molecule has 0 radical (unpaired) electrons. The minimum atomic E-state index is -0.141. The van der Waals surface area contributed by atoms with Crippen LogP contribution in [0.5, 0.6) is 11.5 Å². The highest BCUT2D eigenvalue weighted by molar-refractivity contribution is 9.10. The first-order valence-electron chi connectivity index (χ1n) is 8.24. The molecule has 0 aromatic heterocycles. The molecule has 1 saturated heterocycles. The number of thiocarbonyl (C=S) groups is 1. The average Bonchev–Trinajstić information content (AvgIpc) is 2.86. The molecule has 5 nitrogen and oxygen atoms in total. The zero-order chi connectivity index (χ0) is 19.6. The fourth-order valence-corrected chi connectivity index (χ4v) is 3.32. The molecule has 2 aromatic carbocycles. The summed E-state index contributed by atoms with van der Waals surface area (Å²) in [6, 6.07) is 13.6. The summed E-state index contributed by atoms with van der Waals surface area (Å²) in [6.45, 7) is 0.435. The van der Waals surface area contributed by atoms with Crippen LogP contribution < -0.4 is 9.47 Å². The Hall–Kier alpha value is -2.38. The van der Waals surface area contributed by atoms with Gasteiger partial charge in [-0.05, 0) is 41.6 Å². The fraction of sp³-hybridized carbons (Fsp3) is 0.200. The molecular formula is C20H19BrN2O3S. The molecule has 1 aliphatic heterocycles. The molecule has 7 heteroatoms. The molecule has 0 aliphatic carbocycles. The third kappa shape index (κ3) is 3.99. The summed E-state index contributed by atoms with van der Waals surface area (Å²) in [7, 11) is 5.03. The van der Waals surface area contributed by atoms with E-state index in [4.69, 9.17) is 21.7 Å². The number of hydrogen-bond donors (Lipinski definition) is 0. The van der Waals surface area contributed by atoms with Crippen LogP contribution in [0.15, 0.2) is 52.6 Å². The largest absolute Gasteiger partial charge is 0.493 e. The third-order valence-electron chi connectivity index (χ3n) is 4.27. The van der Waals surface area contributed by atoms with Gasteiger partial charge in [0.25, 0.3) is 5.91 Å². The van der Waals surface area contributed by atoms with Crippen molar-refractivity contribution in [2.75, 3.05) is 21.2 Å². The van der Waals surface area contributed by atoms with Crippen molar-refractivity contribution < 1.29 is 14.3 Å². The molecule has 1 heterocycles. The normalized spacial score (nSPS) is 15.6. The van der Waals surface area contributed by atoms with Crippen LogP contribution in [0, 0.1) is 0 Å². The van der Waals surface area contributed by atoms with Crippen molar-refractivity contribution in [2.45, 2.75) is 6.61 Å². The van der Waals surface area contributed by atoms with Crippen molar-refractivity contribution in [3.8, 4) is 11.5 Å². The summed E-state index contributed by atoms with van der Waals surface area (Å²) in [4.78, 5) is 15.5. The molecule has 1 fully saturated rings. The number of hydrogen-bond acceptors (Lipinski definition) is 4. The van der Waals surface area contributed by atoms with Crippen molar-refractivity contribution in [2.24, 2.45) is 0 Å². The van der Waals surface area contributed by atoms with E-state index in [1.807, 2.05) is 42.5 Å². The van der Waals surface area contributed by atoms with Crippen LogP contribution in [0.25, 0.3) is 6.08 Å². The lowest BCUT2D eigenvalue weighted by Gasteiger charge is -2.14. The Balaban J connectivity index is 1.89. The van der Waals surface area contributed by atoms with Crippen molar-refractivity contribution in [1.29, 1.82) is 0 Å². The number of carbonyl (C=O) groups excluding carboxylic acids is 1. The Bertz CT molecular complexity index is 915. The molecule has 0 spiro atoms. The van der Waals surface area contributed by atoms with Gasteiger partial charge in [-0.25, -0.2) is 0 Å². The number of rotatable bonds is 5. The van der Waals surface area contributed by atoms with E-state index in [2.05, 4.69) is 15.9 Å². The summed E-state index contributed by atoms with van der Waals surface area (Å²) in [5.74, 6) is 1.07. The molecule has 140 valence electrons. The zero-order valence-electron chi connectivity index (χ0n) is 15.2. The summed E-state index contributed by atoms with van der Waals surface area (Å²) >= 11 is 8.81. The summed E-state index contributed by atoms with van der Waals surface area (Å²) < 4.78 is 12.2. The molecule has 1 aliphatic rings. The van der Waals surface area contributed by atoms with Gasteiger partial charge in [0.15, 0.2) is 16.6 Å². The Labute approximate surface area is 172 Å². The molecule has 0 unspecified atom stereocenters. The predicted octanol–water partition coefficient (Wildman–Crippen LogP) is 4.07. The Kier molecular flexibility index (Phi) is 5.82. The lowest BCUT2D eigenvalue weighted by Crippen LogP contribution is -2.26. The SMILES string of the molecule is COc1cc(/C=C2/C(=O)N(C)C(=S)N2C)c(Br)cc1OCc1ccccc1. The monoisotopic (exact) mass is 446 g/mol. The minimum Gasteiger partial charge on any atom is -0.493 e. The smallest absolute Gasteiger partial charge is 0.276 e. The zero-order valence-corrected chi connectivity index (χ0v) is 17.6. The number of nitrogens with zero attached hydrogens (tertiary/aromatic N) is 2. The molecule has 1 amide bonds. The Morgan fingerprint density at radius 2 is 1.81 bits per heavy atom. The summed E-state index contributed by atoms with van der Waals surface area (Å²) in [5, 5.41) is 0.470. The molecule has 0 N–H and O–H groups in total. The van der Waals surface area contributed by atoms with Crippen molar-refractivity contribution >= 4 is 45.2 Å². The molecule has 0 atom stereocenters. The van der Waals surface area contributed by atoms with Gasteiger partial charge in [-0.15, -0.1) is 0 Å². The highest BCUT2D eigenvalue weighted by atomic mass is 79.9. The van der Waals surface area contributed by atoms with Crippen LogP contribution in [0.3, 0.4) is 0 Å². The van der Waals surface area contributed by atoms with Crippen LogP contribution in [0.4, 0.5) is 0 Å². The maximum atomic E-state index is 12.4. The summed E-state index contributed by atoms with van der Waals surface area (Å²) in [5.41, 5.74) is 2.37. The van der Waals surface area contributed by atoms with Gasteiger partial charge in [0.1, 0.15) is 12.3 Å². The second-order valence-corrected chi connectivity index (χ2v) is 7.25. The highest BCUT2D eigenvalue weighted by Crippen LogP contribution is 2.36. The van der Waals surface area contributed by atoms with E-state index in [1.165, 1.54) is 4.90 Å². The Morgan fingerprint density at radius 3 is 2.41 bits per heavy atom. The van der Waals surface area contributed by atoms with Crippen LogP contribution >= 0.6 is 28.1 Å². The van der Waals surface area contributed by atoms with Crippen LogP contribution in [-0.2, 0) is 11.4 Å². The van der Waals surface area contributed by atoms with Crippen LogP contribution in [0.2, 0.25) is 0 Å². The Morgan fingerprint density at radius 1 is 1.11 bits per heavy atom. The van der Waals surface area contributed by atoms with Gasteiger partial charge < -0.3 is 14.4 Å². The van der Waals surface area contributed by atoms with Crippen molar-refractivity contribution in [1.82, 2.24) is 9.80 Å². The van der Waals surface area contributed by atoms with E-state index in [-0.39, 0.29) is 5.91 Å².